The Bertz CT molecular complexity index is 263. The molecule has 0 atom stereocenters. The molecule has 1 aliphatic rings. The van der Waals surface area contributed by atoms with E-state index in [9.17, 15) is 4.79 Å². The number of rotatable bonds is 0. The van der Waals surface area contributed by atoms with Gasteiger partial charge >= 0.3 is 0 Å². The van der Waals surface area contributed by atoms with Crippen LogP contribution in [0.2, 0.25) is 0 Å². The van der Waals surface area contributed by atoms with Crippen LogP contribution in [-0.2, 0) is 4.79 Å². The molecular formula is C8H9NO. The maximum absolute atomic E-state index is 11.0. The molecule has 0 spiro atoms. The molecule has 0 unspecified atom stereocenters. The van der Waals surface area contributed by atoms with E-state index >= 15 is 0 Å². The van der Waals surface area contributed by atoms with Gasteiger partial charge in [-0.3, -0.25) is 9.79 Å². The molecular weight excluding hydrogens is 126 g/mol. The van der Waals surface area contributed by atoms with E-state index in [4.69, 9.17) is 0 Å². The molecule has 52 valence electrons. The molecule has 0 saturated heterocycles. The van der Waals surface area contributed by atoms with Gasteiger partial charge in [0.05, 0.1) is 5.71 Å². The van der Waals surface area contributed by atoms with Crippen molar-refractivity contribution < 1.29 is 4.79 Å². The molecule has 1 rings (SSSR count). The zero-order valence-corrected chi connectivity index (χ0v) is 6.36. The Morgan fingerprint density at radius 1 is 1.40 bits per heavy atom. The molecule has 0 aromatic heterocycles. The first-order valence-corrected chi connectivity index (χ1v) is 3.15. The molecule has 0 aliphatic carbocycles. The molecule has 2 heteroatoms. The van der Waals surface area contributed by atoms with Gasteiger partial charge in [0, 0.05) is 0 Å². The maximum atomic E-state index is 11.0. The topological polar surface area (TPSA) is 29.4 Å². The standard InChI is InChI=1S/C8H9NO/c1-6-4-5-7(10)8(2,3)9-6/h1-3H3. The summed E-state index contributed by atoms with van der Waals surface area (Å²) in [5.41, 5.74) is 0.125. The Morgan fingerprint density at radius 3 is 2.40 bits per heavy atom. The molecule has 0 radical (unpaired) electrons. The third-order valence-electron chi connectivity index (χ3n) is 1.36. The van der Waals surface area contributed by atoms with Gasteiger partial charge in [-0.15, -0.1) is 0 Å². The number of carbonyl (C=O) groups is 1. The van der Waals surface area contributed by atoms with E-state index < -0.39 is 5.54 Å². The molecule has 0 saturated carbocycles. The van der Waals surface area contributed by atoms with Gasteiger partial charge in [0.25, 0.3) is 0 Å². The normalized spacial score (nSPS) is 21.1. The van der Waals surface area contributed by atoms with Gasteiger partial charge in [-0.1, -0.05) is 0 Å². The van der Waals surface area contributed by atoms with Crippen LogP contribution >= 0.6 is 0 Å². The number of hydrogen-bond donors (Lipinski definition) is 0. The second-order valence-electron chi connectivity index (χ2n) is 2.84. The van der Waals surface area contributed by atoms with E-state index in [0.29, 0.717) is 0 Å². The number of Topliss-reactive ketones (excluding diaryl/α,β-unsaturated/α-hetero) is 1. The number of ketones is 1. The fourth-order valence-electron chi connectivity index (χ4n) is 0.798. The third-order valence-corrected chi connectivity index (χ3v) is 1.36. The SMILES string of the molecule is CC1=NC(C)(C)C(=O)C#C1. The van der Waals surface area contributed by atoms with E-state index in [1.165, 1.54) is 0 Å². The van der Waals surface area contributed by atoms with E-state index in [0.717, 1.165) is 5.71 Å². The lowest BCUT2D eigenvalue weighted by atomic mass is 9.98. The number of hydrogen-bond acceptors (Lipinski definition) is 2. The summed E-state index contributed by atoms with van der Waals surface area (Å²) in [4.78, 5) is 15.1. The Hall–Kier alpha value is -1.10. The summed E-state index contributed by atoms with van der Waals surface area (Å²) in [5.74, 6) is 5.04. The highest BCUT2D eigenvalue weighted by Gasteiger charge is 2.26. The molecule has 0 bridgehead atoms. The van der Waals surface area contributed by atoms with Crippen molar-refractivity contribution in [2.45, 2.75) is 26.3 Å². The Morgan fingerprint density at radius 2 is 2.00 bits per heavy atom. The summed E-state index contributed by atoms with van der Waals surface area (Å²) in [6.07, 6.45) is 0. The van der Waals surface area contributed by atoms with Crippen molar-refractivity contribution in [3.05, 3.63) is 0 Å². The monoisotopic (exact) mass is 135 g/mol. The number of aliphatic imine (C=N–C) groups is 1. The fraction of sp³-hybridized carbons (Fsp3) is 0.500. The van der Waals surface area contributed by atoms with Gasteiger partial charge in [0.2, 0.25) is 5.78 Å². The lowest BCUT2D eigenvalue weighted by Gasteiger charge is -2.16. The summed E-state index contributed by atoms with van der Waals surface area (Å²) in [7, 11) is 0. The third kappa shape index (κ3) is 1.08. The maximum Gasteiger partial charge on any atom is 0.232 e. The first-order valence-electron chi connectivity index (χ1n) is 3.15. The van der Waals surface area contributed by atoms with Crippen LogP contribution in [-0.4, -0.2) is 17.0 Å². The van der Waals surface area contributed by atoms with Crippen molar-refractivity contribution in [2.75, 3.05) is 0 Å². The minimum absolute atomic E-state index is 0.0990. The van der Waals surface area contributed by atoms with Gasteiger partial charge in [-0.05, 0) is 32.6 Å². The Kier molecular flexibility index (Phi) is 1.37. The van der Waals surface area contributed by atoms with Gasteiger partial charge < -0.3 is 0 Å². The zero-order valence-electron chi connectivity index (χ0n) is 6.36. The van der Waals surface area contributed by atoms with E-state index in [-0.39, 0.29) is 5.78 Å². The lowest BCUT2D eigenvalue weighted by molar-refractivity contribution is -0.117. The van der Waals surface area contributed by atoms with E-state index in [1.807, 2.05) is 0 Å². The van der Waals surface area contributed by atoms with Gasteiger partial charge in [0.1, 0.15) is 5.54 Å². The average molecular weight is 135 g/mol. The van der Waals surface area contributed by atoms with E-state index in [2.05, 4.69) is 16.8 Å². The van der Waals surface area contributed by atoms with Crippen molar-refractivity contribution in [3.8, 4) is 11.8 Å². The number of nitrogens with zero attached hydrogens (tertiary/aromatic N) is 1. The van der Waals surface area contributed by atoms with Crippen LogP contribution in [0.25, 0.3) is 0 Å². The van der Waals surface area contributed by atoms with Crippen LogP contribution in [0, 0.1) is 11.8 Å². The predicted molar refractivity (Wildman–Crippen MR) is 40.0 cm³/mol. The highest BCUT2D eigenvalue weighted by molar-refractivity contribution is 6.13. The van der Waals surface area contributed by atoms with Crippen LogP contribution < -0.4 is 0 Å². The van der Waals surface area contributed by atoms with Crippen LogP contribution in [0.5, 0.6) is 0 Å². The quantitative estimate of drug-likeness (QED) is 0.357. The predicted octanol–water partition coefficient (Wildman–Crippen LogP) is 0.812. The van der Waals surface area contributed by atoms with Crippen LogP contribution in [0.4, 0.5) is 0 Å². The molecule has 10 heavy (non-hydrogen) atoms. The molecule has 0 fully saturated rings. The smallest absolute Gasteiger partial charge is 0.232 e. The molecule has 0 aromatic rings. The Balaban J connectivity index is 3.07. The van der Waals surface area contributed by atoms with Gasteiger partial charge in [-0.2, -0.15) is 0 Å². The zero-order chi connectivity index (χ0) is 7.78. The summed E-state index contributed by atoms with van der Waals surface area (Å²) >= 11 is 0. The van der Waals surface area contributed by atoms with E-state index in [1.54, 1.807) is 20.8 Å². The summed E-state index contributed by atoms with van der Waals surface area (Å²) < 4.78 is 0. The Labute approximate surface area is 60.3 Å². The highest BCUT2D eigenvalue weighted by Crippen LogP contribution is 2.12. The molecule has 0 amide bonds. The summed E-state index contributed by atoms with van der Waals surface area (Å²) in [5, 5.41) is 0. The highest BCUT2D eigenvalue weighted by atomic mass is 16.1. The second kappa shape index (κ2) is 1.95. The van der Waals surface area contributed by atoms with Crippen LogP contribution in [0.15, 0.2) is 4.99 Å². The minimum Gasteiger partial charge on any atom is -0.282 e. The van der Waals surface area contributed by atoms with Crippen molar-refractivity contribution >= 4 is 11.5 Å². The molecule has 1 aliphatic heterocycles. The second-order valence-corrected chi connectivity index (χ2v) is 2.84. The summed E-state index contributed by atoms with van der Waals surface area (Å²) in [6.45, 7) is 5.35. The lowest BCUT2D eigenvalue weighted by Crippen LogP contribution is -2.31. The van der Waals surface area contributed by atoms with Crippen molar-refractivity contribution in [3.63, 3.8) is 0 Å². The molecule has 1 heterocycles. The molecule has 0 N–H and O–H groups in total. The number of carbonyl (C=O) groups excluding carboxylic acids is 1. The fourth-order valence-corrected chi connectivity index (χ4v) is 0.798. The van der Waals surface area contributed by atoms with Crippen LogP contribution in [0.1, 0.15) is 20.8 Å². The van der Waals surface area contributed by atoms with Gasteiger partial charge in [-0.25, -0.2) is 0 Å². The largest absolute Gasteiger partial charge is 0.282 e. The first kappa shape index (κ1) is 7.01. The van der Waals surface area contributed by atoms with Crippen molar-refractivity contribution in [2.24, 2.45) is 4.99 Å². The molecule has 0 aromatic carbocycles. The summed E-state index contributed by atoms with van der Waals surface area (Å²) in [6, 6.07) is 0. The molecule has 2 nitrogen and oxygen atoms in total. The average Bonchev–Trinajstić information content (AvgIpc) is 1.78. The van der Waals surface area contributed by atoms with Gasteiger partial charge in [0.15, 0.2) is 0 Å². The van der Waals surface area contributed by atoms with Crippen molar-refractivity contribution in [1.29, 1.82) is 0 Å². The first-order chi connectivity index (χ1) is 4.52. The van der Waals surface area contributed by atoms with Crippen LogP contribution in [0.3, 0.4) is 0 Å². The van der Waals surface area contributed by atoms with Crippen molar-refractivity contribution in [1.82, 2.24) is 0 Å². The minimum atomic E-state index is -0.616.